The summed E-state index contributed by atoms with van der Waals surface area (Å²) in [4.78, 5) is 4.26. The first-order valence-corrected chi connectivity index (χ1v) is 9.09. The molecule has 144 valence electrons. The minimum Gasteiger partial charge on any atom is -0.486 e. The Morgan fingerprint density at radius 1 is 1.15 bits per heavy atom. The van der Waals surface area contributed by atoms with Crippen molar-refractivity contribution < 1.29 is 4.74 Å². The fourth-order valence-corrected chi connectivity index (χ4v) is 3.22. The molecule has 0 spiro atoms. The Kier molecular flexibility index (Phi) is 6.47. The molecule has 0 unspecified atom stereocenters. The number of fused-ring (bicyclic) bond motifs is 1. The van der Waals surface area contributed by atoms with Gasteiger partial charge in [0.25, 0.3) is 0 Å². The van der Waals surface area contributed by atoms with Crippen molar-refractivity contribution in [3.63, 3.8) is 0 Å². The Bertz CT molecular complexity index is 857. The van der Waals surface area contributed by atoms with Crippen molar-refractivity contribution in [2.45, 2.75) is 39.0 Å². The highest BCUT2D eigenvalue weighted by Gasteiger charge is 2.16. The number of nitrogens with one attached hydrogen (secondary N) is 1. The minimum atomic E-state index is 0. The van der Waals surface area contributed by atoms with Gasteiger partial charge in [-0.05, 0) is 24.1 Å². The quantitative estimate of drug-likeness (QED) is 0.599. The lowest BCUT2D eigenvalue weighted by Crippen LogP contribution is -2.18. The molecule has 1 N–H and O–H groups in total. The summed E-state index contributed by atoms with van der Waals surface area (Å²) >= 11 is 0. The minimum absolute atomic E-state index is 0. The number of benzene rings is 1. The first-order chi connectivity index (χ1) is 12.8. The highest BCUT2D eigenvalue weighted by Crippen LogP contribution is 2.15. The third kappa shape index (κ3) is 4.67. The van der Waals surface area contributed by atoms with E-state index in [1.54, 1.807) is 6.20 Å². The largest absolute Gasteiger partial charge is 0.486 e. The second kappa shape index (κ2) is 9.01. The molecule has 0 saturated heterocycles. The Hall–Kier alpha value is -2.38. The second-order valence-electron chi connectivity index (χ2n) is 6.60. The summed E-state index contributed by atoms with van der Waals surface area (Å²) in [6.07, 6.45) is 6.87. The first kappa shape index (κ1) is 19.4. The highest BCUT2D eigenvalue weighted by atomic mass is 35.5. The molecule has 8 heteroatoms. The first-order valence-electron chi connectivity index (χ1n) is 9.09. The van der Waals surface area contributed by atoms with Gasteiger partial charge in [0, 0.05) is 51.9 Å². The van der Waals surface area contributed by atoms with Crippen LogP contribution in [0.1, 0.15) is 29.5 Å². The maximum absolute atomic E-state index is 5.78. The number of halogens is 1. The molecule has 2 aromatic heterocycles. The third-order valence-electron chi connectivity index (χ3n) is 4.75. The third-order valence-corrected chi connectivity index (χ3v) is 4.75. The number of hydrogen-bond acceptors (Lipinski definition) is 5. The molecule has 0 fully saturated rings. The van der Waals surface area contributed by atoms with E-state index in [1.165, 1.54) is 12.0 Å². The molecule has 0 amide bonds. The zero-order chi connectivity index (χ0) is 17.8. The summed E-state index contributed by atoms with van der Waals surface area (Å²) in [7, 11) is 1.97. The number of nitrogens with zero attached hydrogens (tertiary/aromatic N) is 5. The monoisotopic (exact) mass is 388 g/mol. The molecule has 0 bridgehead atoms. The summed E-state index contributed by atoms with van der Waals surface area (Å²) in [6.45, 7) is 3.28. The molecule has 0 saturated carbocycles. The van der Waals surface area contributed by atoms with Gasteiger partial charge in [0.15, 0.2) is 0 Å². The number of imidazole rings is 1. The predicted molar refractivity (Wildman–Crippen MR) is 105 cm³/mol. The molecule has 0 aliphatic carbocycles. The number of hydrogen-bond donors (Lipinski definition) is 1. The number of aryl methyl sites for hydroxylation is 2. The lowest BCUT2D eigenvalue weighted by molar-refractivity contribution is 0.291. The summed E-state index contributed by atoms with van der Waals surface area (Å²) in [5, 5.41) is 12.0. The van der Waals surface area contributed by atoms with Crippen molar-refractivity contribution in [3.05, 3.63) is 59.7 Å². The highest BCUT2D eigenvalue weighted by molar-refractivity contribution is 5.85. The molecule has 1 aliphatic heterocycles. The van der Waals surface area contributed by atoms with Crippen LogP contribution in [-0.4, -0.2) is 30.9 Å². The summed E-state index contributed by atoms with van der Waals surface area (Å²) in [6, 6.07) is 8.20. The maximum atomic E-state index is 5.78. The molecule has 1 aromatic carbocycles. The van der Waals surface area contributed by atoms with E-state index in [9.17, 15) is 0 Å². The van der Waals surface area contributed by atoms with E-state index in [1.807, 2.05) is 29.9 Å². The Morgan fingerprint density at radius 2 is 2.00 bits per heavy atom. The average molecular weight is 389 g/mol. The van der Waals surface area contributed by atoms with E-state index in [4.69, 9.17) is 4.74 Å². The Balaban J connectivity index is 0.00000210. The predicted octanol–water partition coefficient (Wildman–Crippen LogP) is 2.29. The molecule has 3 heterocycles. The zero-order valence-electron chi connectivity index (χ0n) is 15.5. The zero-order valence-corrected chi connectivity index (χ0v) is 16.3. The van der Waals surface area contributed by atoms with Crippen LogP contribution < -0.4 is 10.1 Å². The van der Waals surface area contributed by atoms with E-state index in [0.717, 1.165) is 55.7 Å². The normalized spacial score (nSPS) is 12.6. The van der Waals surface area contributed by atoms with Gasteiger partial charge in [0.2, 0.25) is 0 Å². The molecule has 7 nitrogen and oxygen atoms in total. The molecule has 27 heavy (non-hydrogen) atoms. The smallest absolute Gasteiger partial charge is 0.146 e. The van der Waals surface area contributed by atoms with E-state index >= 15 is 0 Å². The van der Waals surface area contributed by atoms with Gasteiger partial charge in [0.1, 0.15) is 29.8 Å². The van der Waals surface area contributed by atoms with Crippen LogP contribution in [0.2, 0.25) is 0 Å². The molecule has 0 radical (unpaired) electrons. The topological polar surface area (TPSA) is 69.8 Å². The fraction of sp³-hybridized carbons (Fsp3) is 0.421. The van der Waals surface area contributed by atoms with Gasteiger partial charge >= 0.3 is 0 Å². The van der Waals surface area contributed by atoms with E-state index in [2.05, 4.69) is 37.2 Å². The van der Waals surface area contributed by atoms with Crippen molar-refractivity contribution in [2.75, 3.05) is 6.54 Å². The van der Waals surface area contributed by atoms with Crippen LogP contribution in [0, 0.1) is 0 Å². The summed E-state index contributed by atoms with van der Waals surface area (Å²) in [5.74, 6) is 4.01. The van der Waals surface area contributed by atoms with Gasteiger partial charge in [-0.1, -0.05) is 12.1 Å². The molecule has 1 aliphatic rings. The Morgan fingerprint density at radius 3 is 2.78 bits per heavy atom. The molecule has 4 rings (SSSR count). The van der Waals surface area contributed by atoms with Gasteiger partial charge in [0.05, 0.1) is 0 Å². The van der Waals surface area contributed by atoms with Gasteiger partial charge in [-0.15, -0.1) is 22.6 Å². The van der Waals surface area contributed by atoms with E-state index in [0.29, 0.717) is 6.61 Å². The summed E-state index contributed by atoms with van der Waals surface area (Å²) in [5.41, 5.74) is 1.24. The Labute approximate surface area is 165 Å². The van der Waals surface area contributed by atoms with Gasteiger partial charge in [-0.3, -0.25) is 0 Å². The van der Waals surface area contributed by atoms with Gasteiger partial charge < -0.3 is 19.2 Å². The van der Waals surface area contributed by atoms with Crippen molar-refractivity contribution in [3.8, 4) is 5.75 Å². The van der Waals surface area contributed by atoms with Crippen LogP contribution in [-0.2, 0) is 39.6 Å². The lowest BCUT2D eigenvalue weighted by Gasteiger charge is -2.08. The molecule has 0 atom stereocenters. The maximum Gasteiger partial charge on any atom is 0.146 e. The van der Waals surface area contributed by atoms with Crippen LogP contribution in [0.5, 0.6) is 5.75 Å². The van der Waals surface area contributed by atoms with Crippen LogP contribution >= 0.6 is 12.4 Å². The van der Waals surface area contributed by atoms with Crippen molar-refractivity contribution in [2.24, 2.45) is 7.05 Å². The lowest BCUT2D eigenvalue weighted by atomic mass is 10.2. The number of rotatable bonds is 8. The molecular formula is C19H25ClN6O. The SMILES string of the molecule is Cl.Cn1ccnc1COc1ccc(CNCCc2nnc3n2CCC3)cc1. The van der Waals surface area contributed by atoms with E-state index < -0.39 is 0 Å². The number of aromatic nitrogens is 5. The van der Waals surface area contributed by atoms with Gasteiger partial charge in [-0.25, -0.2) is 4.98 Å². The van der Waals surface area contributed by atoms with E-state index in [-0.39, 0.29) is 12.4 Å². The second-order valence-corrected chi connectivity index (χ2v) is 6.60. The van der Waals surface area contributed by atoms with Gasteiger partial charge in [-0.2, -0.15) is 0 Å². The van der Waals surface area contributed by atoms with Crippen molar-refractivity contribution in [1.82, 2.24) is 29.6 Å². The van der Waals surface area contributed by atoms with Crippen molar-refractivity contribution in [1.29, 1.82) is 0 Å². The average Bonchev–Trinajstić information content (AvgIpc) is 3.36. The fourth-order valence-electron chi connectivity index (χ4n) is 3.22. The van der Waals surface area contributed by atoms with Crippen LogP contribution in [0.25, 0.3) is 0 Å². The van der Waals surface area contributed by atoms with Crippen molar-refractivity contribution >= 4 is 12.4 Å². The molecular weight excluding hydrogens is 364 g/mol. The standard InChI is InChI=1S/C19H24N6O.ClH/c1-24-12-10-21-19(24)14-26-16-6-4-15(5-7-16)13-20-9-8-18-23-22-17-3-2-11-25(17)18;/h4-7,10,12,20H,2-3,8-9,11,13-14H2,1H3;1H. The van der Waals surface area contributed by atoms with Crippen LogP contribution in [0.4, 0.5) is 0 Å². The number of ether oxygens (including phenoxy) is 1. The molecule has 3 aromatic rings. The van der Waals surface area contributed by atoms with Crippen LogP contribution in [0.3, 0.4) is 0 Å². The van der Waals surface area contributed by atoms with Crippen LogP contribution in [0.15, 0.2) is 36.7 Å². The summed E-state index contributed by atoms with van der Waals surface area (Å²) < 4.78 is 10.0.